The van der Waals surface area contributed by atoms with Gasteiger partial charge < -0.3 is 8.80 Å². The van der Waals surface area contributed by atoms with Gasteiger partial charge in [0.05, 0.1) is 33.1 Å². The number of nitrogens with zero attached hydrogens (tertiary/aromatic N) is 14. The zero-order chi connectivity index (χ0) is 77.7. The number of benzene rings is 16. The van der Waals surface area contributed by atoms with E-state index in [1.165, 1.54) is 37.8 Å². The van der Waals surface area contributed by atoms with Gasteiger partial charge in [0.1, 0.15) is 0 Å². The molecule has 14 nitrogen and oxygen atoms in total. The molecule has 0 fully saturated rings. The molecule has 0 bridgehead atoms. The summed E-state index contributed by atoms with van der Waals surface area (Å²) in [6, 6.07) is 129. The van der Waals surface area contributed by atoms with Gasteiger partial charge in [-0.2, -0.15) is 0 Å². The molecule has 8 aromatic heterocycles. The molecule has 0 unspecified atom stereocenters. The molecule has 0 amide bonds. The van der Waals surface area contributed by atoms with E-state index in [1.54, 1.807) is 0 Å². The highest BCUT2D eigenvalue weighted by Gasteiger charge is 2.26. The van der Waals surface area contributed by atoms with Crippen molar-refractivity contribution < 1.29 is 0 Å². The van der Waals surface area contributed by atoms with Gasteiger partial charge in [0.15, 0.2) is 69.9 Å². The summed E-state index contributed by atoms with van der Waals surface area (Å²) in [6.07, 6.45) is 0. The van der Waals surface area contributed by atoms with Crippen LogP contribution in [0.4, 0.5) is 0 Å². The summed E-state index contributed by atoms with van der Waals surface area (Å²) < 4.78 is 4.83. The second-order valence-corrected chi connectivity index (χ2v) is 29.5. The van der Waals surface area contributed by atoms with Crippen LogP contribution in [0.15, 0.2) is 376 Å². The molecule has 0 aliphatic heterocycles. The fourth-order valence-corrected chi connectivity index (χ4v) is 17.0. The summed E-state index contributed by atoms with van der Waals surface area (Å²) in [5, 5.41) is 13.8. The van der Waals surface area contributed by atoms with Gasteiger partial charge in [-0.1, -0.05) is 309 Å². The summed E-state index contributed by atoms with van der Waals surface area (Å²) >= 11 is 0. The smallest absolute Gasteiger partial charge is 0.164 e. The van der Waals surface area contributed by atoms with E-state index in [2.05, 4.69) is 142 Å². The van der Waals surface area contributed by atoms with Gasteiger partial charge in [0.25, 0.3) is 0 Å². The molecule has 548 valence electrons. The van der Waals surface area contributed by atoms with Crippen LogP contribution in [0.1, 0.15) is 0 Å². The fourth-order valence-electron chi connectivity index (χ4n) is 17.0. The highest BCUT2D eigenvalue weighted by atomic mass is 15.1. The number of fused-ring (bicyclic) bond motifs is 10. The Morgan fingerprint density at radius 3 is 0.780 bits per heavy atom. The van der Waals surface area contributed by atoms with Crippen LogP contribution in [0.5, 0.6) is 0 Å². The molecule has 0 saturated carbocycles. The van der Waals surface area contributed by atoms with Crippen molar-refractivity contribution in [3.8, 4) is 137 Å². The Bertz CT molecular complexity index is 7780. The quantitative estimate of drug-likeness (QED) is 0.0841. The Morgan fingerprint density at radius 2 is 0.398 bits per heavy atom. The number of rotatable bonds is 12. The van der Waals surface area contributed by atoms with Crippen LogP contribution in [0, 0.1) is 0 Å². The highest BCUT2D eigenvalue weighted by Crippen LogP contribution is 2.47. The zero-order valence-electron chi connectivity index (χ0n) is 63.1. The van der Waals surface area contributed by atoms with E-state index in [4.69, 9.17) is 59.8 Å². The van der Waals surface area contributed by atoms with Gasteiger partial charge in [-0.25, -0.2) is 59.8 Å². The van der Waals surface area contributed by atoms with E-state index in [0.29, 0.717) is 69.9 Å². The summed E-state index contributed by atoms with van der Waals surface area (Å²) in [5.41, 5.74) is 17.9. The molecule has 24 aromatic rings. The number of para-hydroxylation sites is 1. The highest BCUT2D eigenvalue weighted by molar-refractivity contribution is 6.30. The van der Waals surface area contributed by atoms with Crippen molar-refractivity contribution in [2.75, 3.05) is 0 Å². The van der Waals surface area contributed by atoms with Crippen molar-refractivity contribution in [3.63, 3.8) is 0 Å². The first-order valence-electron chi connectivity index (χ1n) is 39.3. The molecular formula is C104H62N14. The molecule has 0 radical (unpaired) electrons. The van der Waals surface area contributed by atoms with Gasteiger partial charge in [0.2, 0.25) is 0 Å². The Balaban J connectivity index is 0.000000138. The maximum absolute atomic E-state index is 5.17. The van der Waals surface area contributed by atoms with Gasteiger partial charge in [-0.15, -0.1) is 0 Å². The van der Waals surface area contributed by atoms with Crippen LogP contribution >= 0.6 is 0 Å². The third-order valence-electron chi connectivity index (χ3n) is 22.4. The predicted octanol–water partition coefficient (Wildman–Crippen LogP) is 24.7. The fraction of sp³-hybridized carbons (Fsp3) is 0. The lowest BCUT2D eigenvalue weighted by atomic mass is 9.96. The average molecular weight is 1510 g/mol. The molecular weight excluding hydrogens is 1450 g/mol. The molecule has 0 N–H and O–H groups in total. The van der Waals surface area contributed by atoms with Crippen LogP contribution in [0.2, 0.25) is 0 Å². The second kappa shape index (κ2) is 27.8. The largest absolute Gasteiger partial charge is 0.308 e. The molecule has 0 saturated heterocycles. The topological polar surface area (TPSA) is 164 Å². The molecule has 0 spiro atoms. The molecule has 8 heterocycles. The minimum atomic E-state index is 0.606. The number of hydrogen-bond acceptors (Lipinski definition) is 12. The number of aromatic nitrogens is 14. The predicted molar refractivity (Wildman–Crippen MR) is 476 cm³/mol. The summed E-state index contributed by atoms with van der Waals surface area (Å²) in [7, 11) is 0. The van der Waals surface area contributed by atoms with Crippen molar-refractivity contribution in [1.82, 2.24) is 68.6 Å². The van der Waals surface area contributed by atoms with Crippen molar-refractivity contribution in [2.24, 2.45) is 0 Å². The van der Waals surface area contributed by atoms with E-state index in [9.17, 15) is 0 Å². The average Bonchev–Trinajstić information content (AvgIpc) is 1.54. The summed E-state index contributed by atoms with van der Waals surface area (Å²) in [4.78, 5) is 60.7. The third-order valence-corrected chi connectivity index (χ3v) is 22.4. The first kappa shape index (κ1) is 67.4. The molecule has 16 aromatic carbocycles. The molecule has 14 heteroatoms. The third kappa shape index (κ3) is 11.5. The van der Waals surface area contributed by atoms with E-state index in [-0.39, 0.29) is 0 Å². The zero-order valence-corrected chi connectivity index (χ0v) is 63.1. The lowest BCUT2D eigenvalue weighted by Gasteiger charge is -2.16. The van der Waals surface area contributed by atoms with Crippen LogP contribution < -0.4 is 0 Å². The van der Waals surface area contributed by atoms with Crippen molar-refractivity contribution in [2.45, 2.75) is 0 Å². The SMILES string of the molecule is c1ccc(-c2nc(-c3ccccc3)nc(-c3ccc4c(c3)c3cc(-c5nc(-c6ccccc6)nc(-c6ccccc6)n5)cc5c6cccc7cccc(c76)n4c53)n2)cc1.c1ccc(-c2nc(-c3ccccc3)nc(-c3ccc4c(c3)c3cccc5c6cccc7c(-c8nc(-c9ccccc9)nc(-c9ccccc9)n8)ccc(c76)n4c53)n2)cc1. The molecule has 0 aliphatic rings. The van der Waals surface area contributed by atoms with Gasteiger partial charge >= 0.3 is 0 Å². The van der Waals surface area contributed by atoms with Gasteiger partial charge in [-0.05, 0) is 88.3 Å². The Hall–Kier alpha value is -16.3. The molecule has 24 rings (SSSR count). The van der Waals surface area contributed by atoms with E-state index >= 15 is 0 Å². The Morgan fingerprint density at radius 1 is 0.144 bits per heavy atom. The Kier molecular flexibility index (Phi) is 15.9. The first-order valence-corrected chi connectivity index (χ1v) is 39.3. The standard InChI is InChI=1S/2C52H31N7/c1-5-15-33(16-6-1)47-53-48(34-17-7-2-8-18-34)56-51(55-47)37-27-28-43-40(29-37)42-31-38(30-41-39-25-13-23-32-24-14-26-44(45(32)39)59(43)46(41)42)52-57-49(35-19-9-3-10-20-35)54-50(58-52)36-21-11-4-12-22-36;1-5-15-32(16-6-1)47-53-48(33-17-7-2-8-18-33)56-51(55-47)36-27-29-43-42(31-36)40-26-14-25-39-37-23-13-24-38-41(28-30-44(45(37)38)59(43)46(39)40)52-57-49(34-19-9-3-10-20-34)54-50(58-52)35-21-11-4-12-22-35/h2*1-31H. The van der Waals surface area contributed by atoms with Crippen molar-refractivity contribution in [3.05, 3.63) is 376 Å². The molecule has 118 heavy (non-hydrogen) atoms. The lowest BCUT2D eigenvalue weighted by molar-refractivity contribution is 1.07. The monoisotopic (exact) mass is 1510 g/mol. The number of hydrogen-bond donors (Lipinski definition) is 0. The van der Waals surface area contributed by atoms with Gasteiger partial charge in [-0.3, -0.25) is 0 Å². The first-order chi connectivity index (χ1) is 58.5. The van der Waals surface area contributed by atoms with E-state index in [0.717, 1.165) is 127 Å². The summed E-state index contributed by atoms with van der Waals surface area (Å²) in [5.74, 6) is 7.53. The van der Waals surface area contributed by atoms with Crippen LogP contribution in [-0.4, -0.2) is 68.6 Å². The van der Waals surface area contributed by atoms with Gasteiger partial charge in [0, 0.05) is 110 Å². The molecule has 0 aliphatic carbocycles. The van der Waals surface area contributed by atoms with Crippen molar-refractivity contribution in [1.29, 1.82) is 0 Å². The van der Waals surface area contributed by atoms with E-state index < -0.39 is 0 Å². The summed E-state index contributed by atoms with van der Waals surface area (Å²) in [6.45, 7) is 0. The minimum Gasteiger partial charge on any atom is -0.308 e. The van der Waals surface area contributed by atoms with Crippen LogP contribution in [0.3, 0.4) is 0 Å². The minimum absolute atomic E-state index is 0.606. The number of pyridine rings is 2. The maximum Gasteiger partial charge on any atom is 0.164 e. The lowest BCUT2D eigenvalue weighted by Crippen LogP contribution is -2.01. The van der Waals surface area contributed by atoms with E-state index in [1.807, 2.05) is 243 Å². The van der Waals surface area contributed by atoms with Crippen LogP contribution in [0.25, 0.3) is 234 Å². The maximum atomic E-state index is 5.17. The Labute approximate surface area is 674 Å². The second-order valence-electron chi connectivity index (χ2n) is 29.5. The normalized spacial score (nSPS) is 11.7. The van der Waals surface area contributed by atoms with Crippen LogP contribution in [-0.2, 0) is 0 Å². The van der Waals surface area contributed by atoms with Crippen molar-refractivity contribution >= 4 is 97.7 Å². The molecule has 0 atom stereocenters.